The Labute approximate surface area is 140 Å². The molecule has 0 fully saturated rings. The van der Waals surface area contributed by atoms with Crippen molar-refractivity contribution < 1.29 is 0 Å². The molecule has 24 heavy (non-hydrogen) atoms. The number of fused-ring (bicyclic) bond motifs is 3. The molecule has 0 spiro atoms. The molecule has 0 aliphatic heterocycles. The van der Waals surface area contributed by atoms with Gasteiger partial charge in [0.05, 0.1) is 28.1 Å². The summed E-state index contributed by atoms with van der Waals surface area (Å²) in [4.78, 5) is 14.1. The quantitative estimate of drug-likeness (QED) is 0.375. The van der Waals surface area contributed by atoms with Crippen molar-refractivity contribution >= 4 is 33.2 Å². The summed E-state index contributed by atoms with van der Waals surface area (Å²) in [6.07, 6.45) is 1.81. The minimum Gasteiger partial charge on any atom is -0.254 e. The van der Waals surface area contributed by atoms with Crippen molar-refractivity contribution in [1.82, 2.24) is 9.97 Å². The van der Waals surface area contributed by atoms with Gasteiger partial charge < -0.3 is 0 Å². The van der Waals surface area contributed by atoms with Gasteiger partial charge >= 0.3 is 0 Å². The monoisotopic (exact) mass is 311 g/mol. The second kappa shape index (κ2) is 5.85. The average molecular weight is 311 g/mol. The molecule has 0 aliphatic carbocycles. The normalized spacial score (nSPS) is 12.0. The minimum atomic E-state index is 0.879. The second-order valence-electron chi connectivity index (χ2n) is 5.89. The maximum Gasteiger partial charge on any atom is 0.0972 e. The van der Waals surface area contributed by atoms with E-state index in [9.17, 15) is 0 Å². The molecule has 0 saturated heterocycles. The number of hydrogen-bond acceptors (Lipinski definition) is 3. The maximum absolute atomic E-state index is 4.84. The van der Waals surface area contributed by atoms with Crippen molar-refractivity contribution in [3.05, 3.63) is 78.1 Å². The van der Waals surface area contributed by atoms with E-state index in [0.717, 1.165) is 44.5 Å². The first-order chi connectivity index (χ1) is 11.7. The average Bonchev–Trinajstić information content (AvgIpc) is 2.63. The van der Waals surface area contributed by atoms with Crippen molar-refractivity contribution in [2.24, 2.45) is 4.99 Å². The fourth-order valence-electron chi connectivity index (χ4n) is 2.85. The summed E-state index contributed by atoms with van der Waals surface area (Å²) in [5.74, 6) is 0. The van der Waals surface area contributed by atoms with Crippen molar-refractivity contribution in [2.45, 2.75) is 13.8 Å². The summed E-state index contributed by atoms with van der Waals surface area (Å²) in [6.45, 7) is 4.07. The van der Waals surface area contributed by atoms with E-state index in [4.69, 9.17) is 9.98 Å². The fraction of sp³-hybridized carbons (Fsp3) is 0.0952. The van der Waals surface area contributed by atoms with Crippen LogP contribution in [0.25, 0.3) is 21.8 Å². The van der Waals surface area contributed by atoms with Crippen LogP contribution < -0.4 is 0 Å². The van der Waals surface area contributed by atoms with Crippen LogP contribution >= 0.6 is 0 Å². The first-order valence-electron chi connectivity index (χ1n) is 7.98. The smallest absolute Gasteiger partial charge is 0.0972 e. The molecule has 0 atom stereocenters. The third kappa shape index (κ3) is 2.54. The SMILES string of the molecule is CC(=Nc1ccccc1C)c1ccc2ccc3cccnc3c2n1. The maximum atomic E-state index is 4.84. The molecule has 0 bridgehead atoms. The van der Waals surface area contributed by atoms with Crippen LogP contribution in [0.5, 0.6) is 0 Å². The summed E-state index contributed by atoms with van der Waals surface area (Å²) in [6, 6.07) is 20.4. The second-order valence-corrected chi connectivity index (χ2v) is 5.89. The summed E-state index contributed by atoms with van der Waals surface area (Å²) in [7, 11) is 0. The largest absolute Gasteiger partial charge is 0.254 e. The lowest BCUT2D eigenvalue weighted by Gasteiger charge is -2.06. The number of para-hydroxylation sites is 1. The van der Waals surface area contributed by atoms with Gasteiger partial charge in [0.25, 0.3) is 0 Å². The molecule has 2 aromatic heterocycles. The zero-order valence-corrected chi connectivity index (χ0v) is 13.7. The van der Waals surface area contributed by atoms with Gasteiger partial charge in [-0.15, -0.1) is 0 Å². The van der Waals surface area contributed by atoms with Gasteiger partial charge in [-0.25, -0.2) is 4.98 Å². The molecule has 116 valence electrons. The molecule has 3 heteroatoms. The highest BCUT2D eigenvalue weighted by molar-refractivity contribution is 6.06. The highest BCUT2D eigenvalue weighted by atomic mass is 14.8. The number of aryl methyl sites for hydroxylation is 1. The Morgan fingerprint density at radius 2 is 1.58 bits per heavy atom. The lowest BCUT2D eigenvalue weighted by Crippen LogP contribution is -1.99. The first-order valence-corrected chi connectivity index (χ1v) is 7.98. The van der Waals surface area contributed by atoms with Crippen molar-refractivity contribution in [3.8, 4) is 0 Å². The first kappa shape index (κ1) is 14.5. The van der Waals surface area contributed by atoms with Gasteiger partial charge in [0.2, 0.25) is 0 Å². The lowest BCUT2D eigenvalue weighted by molar-refractivity contribution is 1.32. The van der Waals surface area contributed by atoms with Gasteiger partial charge in [-0.05, 0) is 37.6 Å². The fourth-order valence-corrected chi connectivity index (χ4v) is 2.85. The van der Waals surface area contributed by atoms with Gasteiger partial charge in [-0.1, -0.05) is 42.5 Å². The van der Waals surface area contributed by atoms with Crippen molar-refractivity contribution in [2.75, 3.05) is 0 Å². The predicted molar refractivity (Wildman–Crippen MR) is 100 cm³/mol. The molecule has 2 aromatic carbocycles. The Kier molecular flexibility index (Phi) is 3.54. The Morgan fingerprint density at radius 1 is 0.833 bits per heavy atom. The molecular formula is C21H17N3. The van der Waals surface area contributed by atoms with Crippen LogP contribution in [0.3, 0.4) is 0 Å². The van der Waals surface area contributed by atoms with Crippen LogP contribution in [-0.2, 0) is 0 Å². The molecule has 0 radical (unpaired) electrons. The van der Waals surface area contributed by atoms with Crippen LogP contribution in [0.4, 0.5) is 5.69 Å². The number of aliphatic imine (C=N–C) groups is 1. The van der Waals surface area contributed by atoms with Gasteiger partial charge in [0, 0.05) is 17.0 Å². The van der Waals surface area contributed by atoms with Crippen LogP contribution in [0.15, 0.2) is 71.9 Å². The Bertz CT molecular complexity index is 1080. The van der Waals surface area contributed by atoms with E-state index >= 15 is 0 Å². The predicted octanol–water partition coefficient (Wildman–Crippen LogP) is 5.23. The molecule has 0 aliphatic rings. The van der Waals surface area contributed by atoms with E-state index in [1.54, 1.807) is 0 Å². The number of rotatable bonds is 2. The minimum absolute atomic E-state index is 0.879. The highest BCUT2D eigenvalue weighted by Crippen LogP contribution is 2.23. The molecule has 4 rings (SSSR count). The zero-order chi connectivity index (χ0) is 16.5. The molecule has 0 unspecified atom stereocenters. The molecule has 3 nitrogen and oxygen atoms in total. The van der Waals surface area contributed by atoms with Gasteiger partial charge in [0.15, 0.2) is 0 Å². The Morgan fingerprint density at radius 3 is 2.42 bits per heavy atom. The molecule has 0 N–H and O–H groups in total. The number of hydrogen-bond donors (Lipinski definition) is 0. The van der Waals surface area contributed by atoms with E-state index in [1.807, 2.05) is 43.5 Å². The van der Waals surface area contributed by atoms with E-state index in [-0.39, 0.29) is 0 Å². The number of nitrogens with zero attached hydrogens (tertiary/aromatic N) is 3. The van der Waals surface area contributed by atoms with Crippen molar-refractivity contribution in [3.63, 3.8) is 0 Å². The number of benzene rings is 2. The summed E-state index contributed by atoms with van der Waals surface area (Å²) in [5, 5.41) is 2.19. The van der Waals surface area contributed by atoms with Gasteiger partial charge in [-0.3, -0.25) is 9.98 Å². The van der Waals surface area contributed by atoms with Crippen LogP contribution in [-0.4, -0.2) is 15.7 Å². The number of aromatic nitrogens is 2. The van der Waals surface area contributed by atoms with Crippen LogP contribution in [0.2, 0.25) is 0 Å². The Balaban J connectivity index is 1.88. The van der Waals surface area contributed by atoms with Gasteiger partial charge in [-0.2, -0.15) is 0 Å². The van der Waals surface area contributed by atoms with Gasteiger partial charge in [0.1, 0.15) is 0 Å². The summed E-state index contributed by atoms with van der Waals surface area (Å²) < 4.78 is 0. The van der Waals surface area contributed by atoms with Crippen LogP contribution in [0, 0.1) is 6.92 Å². The molecule has 0 amide bonds. The summed E-state index contributed by atoms with van der Waals surface area (Å²) >= 11 is 0. The van der Waals surface area contributed by atoms with E-state index in [2.05, 4.69) is 42.2 Å². The molecule has 2 heterocycles. The topological polar surface area (TPSA) is 38.1 Å². The molecular weight excluding hydrogens is 294 g/mol. The van der Waals surface area contributed by atoms with E-state index in [1.165, 1.54) is 0 Å². The lowest BCUT2D eigenvalue weighted by atomic mass is 10.1. The Hall–Kier alpha value is -3.07. The molecule has 4 aromatic rings. The third-order valence-electron chi connectivity index (χ3n) is 4.21. The molecule has 0 saturated carbocycles. The zero-order valence-electron chi connectivity index (χ0n) is 13.7. The number of pyridine rings is 2. The van der Waals surface area contributed by atoms with Crippen molar-refractivity contribution in [1.29, 1.82) is 0 Å². The van der Waals surface area contributed by atoms with E-state index < -0.39 is 0 Å². The summed E-state index contributed by atoms with van der Waals surface area (Å²) in [5.41, 5.74) is 5.77. The standard InChI is InChI=1S/C21H17N3/c1-14-6-3-4-8-18(14)23-15(2)19-12-11-17-10-9-16-7-5-13-22-20(16)21(17)24-19/h3-13H,1-2H3. The highest BCUT2D eigenvalue weighted by Gasteiger charge is 2.07. The van der Waals surface area contributed by atoms with E-state index in [0.29, 0.717) is 0 Å². The van der Waals surface area contributed by atoms with Crippen LogP contribution in [0.1, 0.15) is 18.2 Å². The third-order valence-corrected chi connectivity index (χ3v) is 4.21.